The smallest absolute Gasteiger partial charge is 0.191 e. The molecule has 21 heavy (non-hydrogen) atoms. The van der Waals surface area contributed by atoms with Crippen LogP contribution in [0, 0.1) is 6.92 Å². The number of hydrogen-bond acceptors (Lipinski definition) is 4. The first kappa shape index (κ1) is 13.1. The normalized spacial score (nSPS) is 10.8. The minimum absolute atomic E-state index is 0.0958. The van der Waals surface area contributed by atoms with Gasteiger partial charge in [-0.3, -0.25) is 14.5 Å². The van der Waals surface area contributed by atoms with E-state index in [1.54, 1.807) is 30.2 Å². The van der Waals surface area contributed by atoms with E-state index in [0.29, 0.717) is 28.3 Å². The third-order valence-electron chi connectivity index (χ3n) is 3.32. The Balaban J connectivity index is 2.29. The summed E-state index contributed by atoms with van der Waals surface area (Å²) in [4.78, 5) is 19.6. The van der Waals surface area contributed by atoms with Gasteiger partial charge in [-0.1, -0.05) is 6.07 Å². The van der Waals surface area contributed by atoms with E-state index in [4.69, 9.17) is 5.73 Å². The highest BCUT2D eigenvalue weighted by Crippen LogP contribution is 2.32. The molecule has 106 valence electrons. The Morgan fingerprint density at radius 1 is 1.33 bits per heavy atom. The van der Waals surface area contributed by atoms with Crippen LogP contribution in [0.25, 0.3) is 22.5 Å². The quantitative estimate of drug-likeness (QED) is 0.748. The first-order valence-electron chi connectivity index (χ1n) is 6.51. The summed E-state index contributed by atoms with van der Waals surface area (Å²) in [6.07, 6.45) is 3.34. The lowest BCUT2D eigenvalue weighted by Crippen LogP contribution is -2.06. The van der Waals surface area contributed by atoms with Crippen LogP contribution < -0.4 is 11.2 Å². The summed E-state index contributed by atoms with van der Waals surface area (Å²) in [7, 11) is 1.74. The second kappa shape index (κ2) is 4.90. The molecule has 3 N–H and O–H groups in total. The van der Waals surface area contributed by atoms with Gasteiger partial charge in [-0.15, -0.1) is 0 Å². The molecule has 0 bridgehead atoms. The topological polar surface area (TPSA) is 89.6 Å². The number of H-pyrrole nitrogens is 1. The van der Waals surface area contributed by atoms with Crippen LogP contribution in [-0.4, -0.2) is 19.7 Å². The Bertz CT molecular complexity index is 848. The number of rotatable bonds is 2. The van der Waals surface area contributed by atoms with Crippen molar-refractivity contribution in [3.63, 3.8) is 0 Å². The van der Waals surface area contributed by atoms with Gasteiger partial charge in [0.15, 0.2) is 5.43 Å². The molecular weight excluding hydrogens is 266 g/mol. The van der Waals surface area contributed by atoms with Gasteiger partial charge >= 0.3 is 0 Å². The molecule has 0 saturated heterocycles. The van der Waals surface area contributed by atoms with E-state index in [0.717, 1.165) is 5.69 Å². The van der Waals surface area contributed by atoms with Crippen molar-refractivity contribution in [3.05, 3.63) is 52.6 Å². The minimum Gasteiger partial charge on any atom is -0.383 e. The van der Waals surface area contributed by atoms with Crippen LogP contribution in [0.1, 0.15) is 5.69 Å². The van der Waals surface area contributed by atoms with Crippen LogP contribution in [0.4, 0.5) is 5.82 Å². The molecule has 3 aromatic rings. The number of aromatic nitrogens is 4. The van der Waals surface area contributed by atoms with Crippen molar-refractivity contribution in [2.24, 2.45) is 7.05 Å². The first-order chi connectivity index (χ1) is 10.1. The predicted octanol–water partition coefficient (Wildman–Crippen LogP) is 1.73. The van der Waals surface area contributed by atoms with E-state index < -0.39 is 0 Å². The molecule has 0 aromatic carbocycles. The number of pyridine rings is 2. The van der Waals surface area contributed by atoms with Crippen LogP contribution in [0.15, 0.2) is 41.5 Å². The molecule has 0 spiro atoms. The monoisotopic (exact) mass is 281 g/mol. The minimum atomic E-state index is -0.0958. The maximum absolute atomic E-state index is 12.2. The Kier molecular flexibility index (Phi) is 3.06. The molecule has 0 atom stereocenters. The average molecular weight is 281 g/mol. The van der Waals surface area contributed by atoms with E-state index in [1.807, 2.05) is 25.1 Å². The SMILES string of the molecule is Cc1cc(=O)c(-c2nn(C)c(N)c2-c2ccccn2)c[nH]1. The number of nitrogens with zero attached hydrogens (tertiary/aromatic N) is 3. The third-order valence-corrected chi connectivity index (χ3v) is 3.32. The molecule has 3 aromatic heterocycles. The van der Waals surface area contributed by atoms with Crippen molar-refractivity contribution in [3.8, 4) is 22.5 Å². The summed E-state index contributed by atoms with van der Waals surface area (Å²) in [5.74, 6) is 0.476. The Hall–Kier alpha value is -2.89. The highest BCUT2D eigenvalue weighted by molar-refractivity contribution is 5.86. The number of hydrogen-bond donors (Lipinski definition) is 2. The van der Waals surface area contributed by atoms with Crippen LogP contribution in [0.2, 0.25) is 0 Å². The fourth-order valence-corrected chi connectivity index (χ4v) is 2.25. The number of aromatic amines is 1. The Labute approximate surface area is 121 Å². The summed E-state index contributed by atoms with van der Waals surface area (Å²) < 4.78 is 1.55. The van der Waals surface area contributed by atoms with Crippen molar-refractivity contribution in [1.29, 1.82) is 0 Å². The first-order valence-corrected chi connectivity index (χ1v) is 6.51. The van der Waals surface area contributed by atoms with Gasteiger partial charge in [-0.2, -0.15) is 5.10 Å². The maximum atomic E-state index is 12.2. The summed E-state index contributed by atoms with van der Waals surface area (Å²) in [6.45, 7) is 1.83. The molecule has 6 heteroatoms. The van der Waals surface area contributed by atoms with E-state index >= 15 is 0 Å². The molecule has 0 saturated carbocycles. The molecule has 0 fully saturated rings. The van der Waals surface area contributed by atoms with Crippen molar-refractivity contribution in [2.75, 3.05) is 5.73 Å². The summed E-state index contributed by atoms with van der Waals surface area (Å²) in [5, 5.41) is 4.38. The van der Waals surface area contributed by atoms with E-state index in [2.05, 4.69) is 15.1 Å². The van der Waals surface area contributed by atoms with Crippen LogP contribution in [0.3, 0.4) is 0 Å². The van der Waals surface area contributed by atoms with Gasteiger partial charge in [0, 0.05) is 31.2 Å². The van der Waals surface area contributed by atoms with Crippen molar-refractivity contribution < 1.29 is 0 Å². The lowest BCUT2D eigenvalue weighted by molar-refractivity contribution is 0.782. The second-order valence-corrected chi connectivity index (χ2v) is 4.84. The molecule has 0 aliphatic carbocycles. The average Bonchev–Trinajstić information content (AvgIpc) is 2.75. The Morgan fingerprint density at radius 2 is 2.14 bits per heavy atom. The van der Waals surface area contributed by atoms with Gasteiger partial charge in [-0.25, -0.2) is 0 Å². The van der Waals surface area contributed by atoms with Crippen LogP contribution in [-0.2, 0) is 7.05 Å². The lowest BCUT2D eigenvalue weighted by Gasteiger charge is -2.03. The van der Waals surface area contributed by atoms with Gasteiger partial charge in [0.1, 0.15) is 11.5 Å². The standard InChI is InChI=1S/C15H15N5O/c1-9-7-12(21)10(8-18-9)14-13(15(16)20(2)19-14)11-5-3-4-6-17-11/h3-8H,16H2,1-2H3,(H,18,21). The van der Waals surface area contributed by atoms with Gasteiger partial charge < -0.3 is 10.7 Å². The van der Waals surface area contributed by atoms with Gasteiger partial charge in [0.05, 0.1) is 16.8 Å². The molecule has 3 rings (SSSR count). The highest BCUT2D eigenvalue weighted by Gasteiger charge is 2.20. The molecule has 0 unspecified atom stereocenters. The molecule has 0 aliphatic rings. The largest absolute Gasteiger partial charge is 0.383 e. The number of nitrogen functional groups attached to an aromatic ring is 1. The molecular formula is C15H15N5O. The molecule has 0 amide bonds. The zero-order valence-corrected chi connectivity index (χ0v) is 11.8. The number of nitrogens with one attached hydrogen (secondary N) is 1. The van der Waals surface area contributed by atoms with Gasteiger partial charge in [0.2, 0.25) is 0 Å². The molecule has 3 heterocycles. The van der Waals surface area contributed by atoms with E-state index in [1.165, 1.54) is 0 Å². The lowest BCUT2D eigenvalue weighted by atomic mass is 10.1. The van der Waals surface area contributed by atoms with Gasteiger partial charge in [0.25, 0.3) is 0 Å². The van der Waals surface area contributed by atoms with Crippen LogP contribution in [0.5, 0.6) is 0 Å². The zero-order chi connectivity index (χ0) is 15.0. The van der Waals surface area contributed by atoms with E-state index in [9.17, 15) is 4.79 Å². The molecule has 6 nitrogen and oxygen atoms in total. The number of aryl methyl sites for hydroxylation is 2. The zero-order valence-electron chi connectivity index (χ0n) is 11.8. The molecule has 0 radical (unpaired) electrons. The van der Waals surface area contributed by atoms with Crippen molar-refractivity contribution in [2.45, 2.75) is 6.92 Å². The van der Waals surface area contributed by atoms with Crippen molar-refractivity contribution in [1.82, 2.24) is 19.7 Å². The van der Waals surface area contributed by atoms with Crippen molar-refractivity contribution >= 4 is 5.82 Å². The summed E-state index contributed by atoms with van der Waals surface area (Å²) in [5.41, 5.74) is 9.19. The Morgan fingerprint density at radius 3 is 2.81 bits per heavy atom. The predicted molar refractivity (Wildman–Crippen MR) is 81.6 cm³/mol. The summed E-state index contributed by atoms with van der Waals surface area (Å²) in [6, 6.07) is 7.09. The van der Waals surface area contributed by atoms with Crippen LogP contribution >= 0.6 is 0 Å². The van der Waals surface area contributed by atoms with Gasteiger partial charge in [-0.05, 0) is 19.1 Å². The third kappa shape index (κ3) is 2.20. The molecule has 0 aliphatic heterocycles. The summed E-state index contributed by atoms with van der Waals surface area (Å²) >= 11 is 0. The fourth-order valence-electron chi connectivity index (χ4n) is 2.25. The highest BCUT2D eigenvalue weighted by atomic mass is 16.1. The number of nitrogens with two attached hydrogens (primary N) is 1. The maximum Gasteiger partial charge on any atom is 0.191 e. The number of anilines is 1. The second-order valence-electron chi connectivity index (χ2n) is 4.84. The van der Waals surface area contributed by atoms with E-state index in [-0.39, 0.29) is 5.43 Å². The fraction of sp³-hybridized carbons (Fsp3) is 0.133.